The first-order valence-electron chi connectivity index (χ1n) is 5.69. The average Bonchev–Trinajstić information content (AvgIpc) is 2.95. The van der Waals surface area contributed by atoms with E-state index in [0.717, 1.165) is 4.80 Å². The van der Waals surface area contributed by atoms with Gasteiger partial charge in [-0.1, -0.05) is 6.07 Å². The van der Waals surface area contributed by atoms with E-state index in [0.29, 0.717) is 16.8 Å². The maximum Gasteiger partial charge on any atom is 0.417 e. The lowest BCUT2D eigenvalue weighted by atomic mass is 10.3. The van der Waals surface area contributed by atoms with Gasteiger partial charge in [-0.05, 0) is 12.1 Å². The number of nitrogens with two attached hydrogens (primary N) is 1. The van der Waals surface area contributed by atoms with E-state index < -0.39 is 5.76 Å². The standard InChI is InChI=1S/C11H10N6O3/c12-8-4-13-17(16-8)5-9(18)14-6-2-1-3-7-10(6)20-11(19)15-7/h1-4H,5H2,(H2,12,16)(H,14,18)(H,15,19). The Morgan fingerprint density at radius 3 is 3.10 bits per heavy atom. The van der Waals surface area contributed by atoms with Crippen LogP contribution in [-0.2, 0) is 11.3 Å². The molecule has 2 aromatic heterocycles. The van der Waals surface area contributed by atoms with Crippen LogP contribution >= 0.6 is 0 Å². The van der Waals surface area contributed by atoms with E-state index in [2.05, 4.69) is 20.5 Å². The summed E-state index contributed by atoms with van der Waals surface area (Å²) in [6.45, 7) is -0.0950. The first-order valence-corrected chi connectivity index (χ1v) is 5.69. The number of carbonyl (C=O) groups excluding carboxylic acids is 1. The molecule has 0 unspecified atom stereocenters. The number of carbonyl (C=O) groups is 1. The summed E-state index contributed by atoms with van der Waals surface area (Å²) in [5.41, 5.74) is 6.60. The second kappa shape index (κ2) is 4.53. The van der Waals surface area contributed by atoms with Crippen molar-refractivity contribution in [3.63, 3.8) is 0 Å². The number of H-pyrrole nitrogens is 1. The van der Waals surface area contributed by atoms with Crippen LogP contribution in [0.15, 0.2) is 33.6 Å². The number of aromatic nitrogens is 4. The van der Waals surface area contributed by atoms with Crippen LogP contribution in [0.1, 0.15) is 0 Å². The van der Waals surface area contributed by atoms with Gasteiger partial charge in [-0.25, -0.2) is 4.79 Å². The molecule has 9 heteroatoms. The number of nitrogen functional groups attached to an aromatic ring is 1. The van der Waals surface area contributed by atoms with E-state index in [9.17, 15) is 9.59 Å². The third kappa shape index (κ3) is 2.23. The van der Waals surface area contributed by atoms with Gasteiger partial charge < -0.3 is 15.5 Å². The van der Waals surface area contributed by atoms with Crippen molar-refractivity contribution in [2.45, 2.75) is 6.54 Å². The number of para-hydroxylation sites is 1. The molecular weight excluding hydrogens is 264 g/mol. The molecule has 3 rings (SSSR count). The number of anilines is 2. The Kier molecular flexibility index (Phi) is 2.71. The highest BCUT2D eigenvalue weighted by atomic mass is 16.4. The number of hydrogen-bond acceptors (Lipinski definition) is 6. The van der Waals surface area contributed by atoms with Crippen LogP contribution in [0.4, 0.5) is 11.5 Å². The second-order valence-electron chi connectivity index (χ2n) is 4.04. The van der Waals surface area contributed by atoms with Crippen molar-refractivity contribution in [3.8, 4) is 0 Å². The van der Waals surface area contributed by atoms with Gasteiger partial charge in [0.1, 0.15) is 6.54 Å². The van der Waals surface area contributed by atoms with E-state index in [4.69, 9.17) is 10.2 Å². The summed E-state index contributed by atoms with van der Waals surface area (Å²) < 4.78 is 4.97. The molecule has 1 aromatic carbocycles. The van der Waals surface area contributed by atoms with Gasteiger partial charge in [0.25, 0.3) is 0 Å². The molecule has 9 nitrogen and oxygen atoms in total. The van der Waals surface area contributed by atoms with E-state index in [1.165, 1.54) is 6.20 Å². The topological polar surface area (TPSA) is 132 Å². The van der Waals surface area contributed by atoms with Gasteiger partial charge >= 0.3 is 5.76 Å². The fourth-order valence-electron chi connectivity index (χ4n) is 1.78. The molecule has 0 aliphatic rings. The smallest absolute Gasteiger partial charge is 0.406 e. The highest BCUT2D eigenvalue weighted by molar-refractivity contribution is 5.98. The van der Waals surface area contributed by atoms with Gasteiger partial charge in [-0.2, -0.15) is 9.90 Å². The van der Waals surface area contributed by atoms with Gasteiger partial charge in [-0.3, -0.25) is 9.78 Å². The van der Waals surface area contributed by atoms with Crippen molar-refractivity contribution < 1.29 is 9.21 Å². The molecule has 0 bridgehead atoms. The SMILES string of the molecule is Nc1cnn(CC(=O)Nc2cccc3[nH]c(=O)oc23)n1. The minimum atomic E-state index is -0.580. The minimum Gasteiger partial charge on any atom is -0.406 e. The number of rotatable bonds is 3. The number of hydrogen-bond donors (Lipinski definition) is 3. The first kappa shape index (κ1) is 12.0. The Morgan fingerprint density at radius 2 is 2.35 bits per heavy atom. The Morgan fingerprint density at radius 1 is 1.50 bits per heavy atom. The Hall–Kier alpha value is -3.10. The zero-order valence-electron chi connectivity index (χ0n) is 10.2. The molecule has 3 aromatic rings. The molecule has 0 fully saturated rings. The van der Waals surface area contributed by atoms with Crippen LogP contribution < -0.4 is 16.8 Å². The summed E-state index contributed by atoms with van der Waals surface area (Å²) >= 11 is 0. The first-order chi connectivity index (χ1) is 9.61. The second-order valence-corrected chi connectivity index (χ2v) is 4.04. The maximum atomic E-state index is 11.9. The fraction of sp³-hybridized carbons (Fsp3) is 0.0909. The molecule has 0 saturated carbocycles. The minimum absolute atomic E-state index is 0.0950. The largest absolute Gasteiger partial charge is 0.417 e. The highest BCUT2D eigenvalue weighted by Gasteiger charge is 2.11. The summed E-state index contributed by atoms with van der Waals surface area (Å²) in [6, 6.07) is 4.99. The number of nitrogens with one attached hydrogen (secondary N) is 2. The summed E-state index contributed by atoms with van der Waals surface area (Å²) in [5, 5.41) is 10.2. The molecule has 102 valence electrons. The van der Waals surface area contributed by atoms with E-state index in [-0.39, 0.29) is 18.3 Å². The number of amides is 1. The van der Waals surface area contributed by atoms with E-state index in [1.807, 2.05) is 0 Å². The Labute approximate surface area is 111 Å². The lowest BCUT2D eigenvalue weighted by Gasteiger charge is -2.04. The number of fused-ring (bicyclic) bond motifs is 1. The fourth-order valence-corrected chi connectivity index (χ4v) is 1.78. The van der Waals surface area contributed by atoms with Gasteiger partial charge in [0, 0.05) is 0 Å². The summed E-state index contributed by atoms with van der Waals surface area (Å²) in [4.78, 5) is 26.7. The molecule has 0 aliphatic carbocycles. The van der Waals surface area contributed by atoms with Gasteiger partial charge in [0.15, 0.2) is 11.4 Å². The molecule has 0 atom stereocenters. The van der Waals surface area contributed by atoms with Crippen molar-refractivity contribution in [2.24, 2.45) is 0 Å². The summed E-state index contributed by atoms with van der Waals surface area (Å²) in [7, 11) is 0. The third-order valence-corrected chi connectivity index (χ3v) is 2.56. The number of oxazole rings is 1. The van der Waals surface area contributed by atoms with Crippen molar-refractivity contribution in [1.82, 2.24) is 20.0 Å². The predicted molar refractivity (Wildman–Crippen MR) is 69.9 cm³/mol. The number of benzene rings is 1. The summed E-state index contributed by atoms with van der Waals surface area (Å²) in [6.07, 6.45) is 1.35. The van der Waals surface area contributed by atoms with Crippen LogP contribution in [-0.4, -0.2) is 25.9 Å². The summed E-state index contributed by atoms with van der Waals surface area (Å²) in [5.74, 6) is -0.711. The molecule has 2 heterocycles. The monoisotopic (exact) mass is 274 g/mol. The zero-order chi connectivity index (χ0) is 14.1. The molecule has 0 aliphatic heterocycles. The van der Waals surface area contributed by atoms with Gasteiger partial charge in [0.2, 0.25) is 5.91 Å². The molecule has 0 spiro atoms. The molecule has 0 saturated heterocycles. The van der Waals surface area contributed by atoms with Gasteiger partial charge in [0.05, 0.1) is 17.4 Å². The van der Waals surface area contributed by atoms with Crippen molar-refractivity contribution >= 4 is 28.5 Å². The van der Waals surface area contributed by atoms with Crippen LogP contribution in [0.3, 0.4) is 0 Å². The quantitative estimate of drug-likeness (QED) is 0.612. The van der Waals surface area contributed by atoms with Gasteiger partial charge in [-0.15, -0.1) is 5.10 Å². The molecular formula is C11H10N6O3. The number of nitrogens with zero attached hydrogens (tertiary/aromatic N) is 3. The van der Waals surface area contributed by atoms with Crippen LogP contribution in [0.25, 0.3) is 11.1 Å². The van der Waals surface area contributed by atoms with Crippen LogP contribution in [0, 0.1) is 0 Å². The van der Waals surface area contributed by atoms with Crippen molar-refractivity contribution in [1.29, 1.82) is 0 Å². The third-order valence-electron chi connectivity index (χ3n) is 2.56. The lowest BCUT2D eigenvalue weighted by molar-refractivity contribution is -0.117. The molecule has 0 radical (unpaired) electrons. The lowest BCUT2D eigenvalue weighted by Crippen LogP contribution is -2.20. The molecule has 1 amide bonds. The average molecular weight is 274 g/mol. The van der Waals surface area contributed by atoms with Crippen LogP contribution in [0.2, 0.25) is 0 Å². The van der Waals surface area contributed by atoms with Crippen molar-refractivity contribution in [3.05, 3.63) is 34.9 Å². The Bertz CT molecular complexity index is 830. The van der Waals surface area contributed by atoms with E-state index >= 15 is 0 Å². The maximum absolute atomic E-state index is 11.9. The predicted octanol–water partition coefficient (Wildman–Crippen LogP) is -0.0665. The highest BCUT2D eigenvalue weighted by Crippen LogP contribution is 2.20. The normalized spacial score (nSPS) is 10.8. The molecule has 4 N–H and O–H groups in total. The van der Waals surface area contributed by atoms with E-state index in [1.54, 1.807) is 18.2 Å². The zero-order valence-corrected chi connectivity index (χ0v) is 10.2. The Balaban J connectivity index is 1.82. The molecule has 20 heavy (non-hydrogen) atoms. The van der Waals surface area contributed by atoms with Crippen molar-refractivity contribution in [2.75, 3.05) is 11.1 Å². The number of aromatic amines is 1. The van der Waals surface area contributed by atoms with Crippen LogP contribution in [0.5, 0.6) is 0 Å².